The van der Waals surface area contributed by atoms with Gasteiger partial charge in [0.1, 0.15) is 0 Å². The zero-order chi connectivity index (χ0) is 12.4. The number of aliphatic carboxylic acids is 1. The fraction of sp³-hybridized carbons (Fsp3) is 0.308. The molecule has 17 heavy (non-hydrogen) atoms. The first-order valence-electron chi connectivity index (χ1n) is 5.42. The summed E-state index contributed by atoms with van der Waals surface area (Å²) in [4.78, 5) is 11.1. The van der Waals surface area contributed by atoms with Crippen molar-refractivity contribution in [2.45, 2.75) is 13.8 Å². The maximum Gasteiger partial charge on any atom is 0.331 e. The standard InChI is InChI=1S/C13H14O4/c1-8(2)10(13(14)15)5-9-3-4-11-12(6-9)17-7-16-11/h3-6,8H,7H2,1-2H3,(H,14,15)/b10-5+. The molecular weight excluding hydrogens is 220 g/mol. The van der Waals surface area contributed by atoms with Crippen molar-refractivity contribution in [2.24, 2.45) is 5.92 Å². The van der Waals surface area contributed by atoms with Crippen molar-refractivity contribution in [3.8, 4) is 11.5 Å². The molecule has 0 saturated heterocycles. The van der Waals surface area contributed by atoms with E-state index in [1.807, 2.05) is 19.9 Å². The van der Waals surface area contributed by atoms with E-state index < -0.39 is 5.97 Å². The van der Waals surface area contributed by atoms with Crippen LogP contribution in [-0.2, 0) is 4.79 Å². The van der Waals surface area contributed by atoms with E-state index in [9.17, 15) is 4.79 Å². The highest BCUT2D eigenvalue weighted by molar-refractivity contribution is 5.92. The number of benzene rings is 1. The van der Waals surface area contributed by atoms with Crippen molar-refractivity contribution in [3.63, 3.8) is 0 Å². The van der Waals surface area contributed by atoms with Crippen molar-refractivity contribution >= 4 is 12.0 Å². The van der Waals surface area contributed by atoms with E-state index in [0.29, 0.717) is 17.1 Å². The lowest BCUT2D eigenvalue weighted by atomic mass is 10.0. The fourth-order valence-electron chi connectivity index (χ4n) is 1.66. The number of rotatable bonds is 3. The Morgan fingerprint density at radius 1 is 1.35 bits per heavy atom. The lowest BCUT2D eigenvalue weighted by Crippen LogP contribution is -2.06. The van der Waals surface area contributed by atoms with Crippen LogP contribution in [0, 0.1) is 5.92 Å². The van der Waals surface area contributed by atoms with Gasteiger partial charge in [-0.05, 0) is 29.7 Å². The van der Waals surface area contributed by atoms with Crippen LogP contribution in [0.25, 0.3) is 6.08 Å². The van der Waals surface area contributed by atoms with Crippen molar-refractivity contribution in [1.82, 2.24) is 0 Å². The van der Waals surface area contributed by atoms with Gasteiger partial charge in [0.25, 0.3) is 0 Å². The van der Waals surface area contributed by atoms with Crippen molar-refractivity contribution in [2.75, 3.05) is 6.79 Å². The first kappa shape index (κ1) is 11.5. The molecule has 90 valence electrons. The van der Waals surface area contributed by atoms with Crippen LogP contribution in [0.3, 0.4) is 0 Å². The maximum atomic E-state index is 11.1. The third-order valence-electron chi connectivity index (χ3n) is 2.59. The molecule has 1 aromatic carbocycles. The Hall–Kier alpha value is -1.97. The molecule has 1 aromatic rings. The normalized spacial score (nSPS) is 14.2. The number of carboxylic acid groups (broad SMARTS) is 1. The first-order valence-corrected chi connectivity index (χ1v) is 5.42. The third kappa shape index (κ3) is 2.41. The molecule has 0 atom stereocenters. The Labute approximate surface area is 99.5 Å². The molecule has 0 aromatic heterocycles. The predicted molar refractivity (Wildman–Crippen MR) is 63.0 cm³/mol. The van der Waals surface area contributed by atoms with Gasteiger partial charge in [-0.2, -0.15) is 0 Å². The SMILES string of the molecule is CC(C)/C(=C\c1ccc2c(c1)OCO2)C(=O)O. The summed E-state index contributed by atoms with van der Waals surface area (Å²) in [7, 11) is 0. The summed E-state index contributed by atoms with van der Waals surface area (Å²) >= 11 is 0. The number of ether oxygens (including phenoxy) is 2. The highest BCUT2D eigenvalue weighted by Crippen LogP contribution is 2.33. The second-order valence-electron chi connectivity index (χ2n) is 4.17. The number of hydrogen-bond acceptors (Lipinski definition) is 3. The van der Waals surface area contributed by atoms with Gasteiger partial charge < -0.3 is 14.6 Å². The van der Waals surface area contributed by atoms with E-state index in [1.165, 1.54) is 0 Å². The summed E-state index contributed by atoms with van der Waals surface area (Å²) in [5.41, 5.74) is 1.18. The van der Waals surface area contributed by atoms with E-state index in [0.717, 1.165) is 5.56 Å². The minimum Gasteiger partial charge on any atom is -0.478 e. The van der Waals surface area contributed by atoms with E-state index >= 15 is 0 Å². The van der Waals surface area contributed by atoms with Crippen LogP contribution < -0.4 is 9.47 Å². The van der Waals surface area contributed by atoms with Gasteiger partial charge in [0.15, 0.2) is 11.5 Å². The van der Waals surface area contributed by atoms with Crippen LogP contribution in [0.4, 0.5) is 0 Å². The maximum absolute atomic E-state index is 11.1. The summed E-state index contributed by atoms with van der Waals surface area (Å²) in [6.07, 6.45) is 1.66. The average molecular weight is 234 g/mol. The minimum atomic E-state index is -0.891. The molecule has 2 rings (SSSR count). The molecule has 0 fully saturated rings. The molecule has 1 heterocycles. The summed E-state index contributed by atoms with van der Waals surface area (Å²) in [5.74, 6) is 0.436. The molecule has 1 aliphatic heterocycles. The fourth-order valence-corrected chi connectivity index (χ4v) is 1.66. The lowest BCUT2D eigenvalue weighted by molar-refractivity contribution is -0.133. The molecule has 0 bridgehead atoms. The Kier molecular flexibility index (Phi) is 3.04. The van der Waals surface area contributed by atoms with Crippen LogP contribution in [0.1, 0.15) is 19.4 Å². The first-order chi connectivity index (χ1) is 8.08. The van der Waals surface area contributed by atoms with Gasteiger partial charge in [-0.25, -0.2) is 4.79 Å². The second-order valence-corrected chi connectivity index (χ2v) is 4.17. The van der Waals surface area contributed by atoms with E-state index in [1.54, 1.807) is 18.2 Å². The van der Waals surface area contributed by atoms with Gasteiger partial charge in [0.05, 0.1) is 0 Å². The van der Waals surface area contributed by atoms with Gasteiger partial charge >= 0.3 is 5.97 Å². The number of carboxylic acids is 1. The third-order valence-corrected chi connectivity index (χ3v) is 2.59. The Morgan fingerprint density at radius 3 is 2.71 bits per heavy atom. The summed E-state index contributed by atoms with van der Waals surface area (Å²) in [6.45, 7) is 3.93. The van der Waals surface area contributed by atoms with E-state index in [2.05, 4.69) is 0 Å². The molecule has 4 heteroatoms. The molecule has 4 nitrogen and oxygen atoms in total. The Morgan fingerprint density at radius 2 is 2.06 bits per heavy atom. The number of carbonyl (C=O) groups is 1. The van der Waals surface area contributed by atoms with Crippen molar-refractivity contribution in [3.05, 3.63) is 29.3 Å². The van der Waals surface area contributed by atoms with E-state index in [4.69, 9.17) is 14.6 Å². The quantitative estimate of drug-likeness (QED) is 0.816. The van der Waals surface area contributed by atoms with Gasteiger partial charge in [0, 0.05) is 5.57 Å². The molecule has 0 unspecified atom stereocenters. The second kappa shape index (κ2) is 4.49. The smallest absolute Gasteiger partial charge is 0.331 e. The van der Waals surface area contributed by atoms with Crippen LogP contribution in [0.15, 0.2) is 23.8 Å². The summed E-state index contributed by atoms with van der Waals surface area (Å²) in [5, 5.41) is 9.07. The molecule has 1 aliphatic rings. The van der Waals surface area contributed by atoms with Gasteiger partial charge in [-0.15, -0.1) is 0 Å². The van der Waals surface area contributed by atoms with Crippen molar-refractivity contribution < 1.29 is 19.4 Å². The van der Waals surface area contributed by atoms with Gasteiger partial charge in [0.2, 0.25) is 6.79 Å². The predicted octanol–water partition coefficient (Wildman–Crippen LogP) is 2.54. The molecule has 0 amide bonds. The molecule has 1 N–H and O–H groups in total. The minimum absolute atomic E-state index is 0.0297. The zero-order valence-corrected chi connectivity index (χ0v) is 9.77. The van der Waals surface area contributed by atoms with Crippen molar-refractivity contribution in [1.29, 1.82) is 0 Å². The van der Waals surface area contributed by atoms with Crippen LogP contribution in [0.5, 0.6) is 11.5 Å². The number of hydrogen-bond donors (Lipinski definition) is 1. The largest absolute Gasteiger partial charge is 0.478 e. The zero-order valence-electron chi connectivity index (χ0n) is 9.77. The highest BCUT2D eigenvalue weighted by Gasteiger charge is 2.15. The van der Waals surface area contributed by atoms with Crippen LogP contribution >= 0.6 is 0 Å². The Bertz CT molecular complexity index is 474. The summed E-state index contributed by atoms with van der Waals surface area (Å²) < 4.78 is 10.4. The Balaban J connectivity index is 2.34. The lowest BCUT2D eigenvalue weighted by Gasteiger charge is -2.06. The molecule has 0 aliphatic carbocycles. The van der Waals surface area contributed by atoms with Gasteiger partial charge in [-0.3, -0.25) is 0 Å². The monoisotopic (exact) mass is 234 g/mol. The molecule has 0 spiro atoms. The van der Waals surface area contributed by atoms with Crippen LogP contribution in [-0.4, -0.2) is 17.9 Å². The van der Waals surface area contributed by atoms with Gasteiger partial charge in [-0.1, -0.05) is 19.9 Å². The van der Waals surface area contributed by atoms with E-state index in [-0.39, 0.29) is 12.7 Å². The summed E-state index contributed by atoms with van der Waals surface area (Å²) in [6, 6.07) is 5.39. The molecule has 0 radical (unpaired) electrons. The molecular formula is C13H14O4. The number of fused-ring (bicyclic) bond motifs is 1. The highest BCUT2D eigenvalue weighted by atomic mass is 16.7. The van der Waals surface area contributed by atoms with Crippen LogP contribution in [0.2, 0.25) is 0 Å². The molecule has 0 saturated carbocycles. The topological polar surface area (TPSA) is 55.8 Å². The average Bonchev–Trinajstić information content (AvgIpc) is 2.71.